The normalized spacial score (nSPS) is 25.9. The van der Waals surface area contributed by atoms with Crippen molar-refractivity contribution in [3.8, 4) is 5.75 Å². The van der Waals surface area contributed by atoms with Crippen molar-refractivity contribution in [1.82, 2.24) is 5.32 Å². The molecule has 2 nitrogen and oxygen atoms in total. The van der Waals surface area contributed by atoms with Gasteiger partial charge >= 0.3 is 0 Å². The first-order valence-corrected chi connectivity index (χ1v) is 7.77. The lowest BCUT2D eigenvalue weighted by molar-refractivity contribution is 0.407. The van der Waals surface area contributed by atoms with Gasteiger partial charge in [0.05, 0.1) is 7.11 Å². The Morgan fingerprint density at radius 1 is 1.14 bits per heavy atom. The average molecular weight is 279 g/mol. The van der Waals surface area contributed by atoms with Crippen molar-refractivity contribution in [3.05, 3.63) is 65.2 Å². The molecule has 0 saturated heterocycles. The maximum Gasteiger partial charge on any atom is 0.123 e. The summed E-state index contributed by atoms with van der Waals surface area (Å²) in [5.41, 5.74) is 4.80. The van der Waals surface area contributed by atoms with Gasteiger partial charge < -0.3 is 10.1 Å². The van der Waals surface area contributed by atoms with E-state index in [-0.39, 0.29) is 0 Å². The summed E-state index contributed by atoms with van der Waals surface area (Å²) in [5.74, 6) is 0.978. The molecular weight excluding hydrogens is 258 g/mol. The van der Waals surface area contributed by atoms with Crippen LogP contribution in [0.2, 0.25) is 0 Å². The second-order valence-corrected chi connectivity index (χ2v) is 6.26. The van der Waals surface area contributed by atoms with E-state index in [2.05, 4.69) is 41.7 Å². The highest BCUT2D eigenvalue weighted by atomic mass is 16.5. The van der Waals surface area contributed by atoms with Crippen molar-refractivity contribution in [3.63, 3.8) is 0 Å². The van der Waals surface area contributed by atoms with Crippen LogP contribution in [0.15, 0.2) is 48.5 Å². The summed E-state index contributed by atoms with van der Waals surface area (Å²) in [6, 6.07) is 17.9. The summed E-state index contributed by atoms with van der Waals surface area (Å²) in [5, 5.41) is 3.74. The summed E-state index contributed by atoms with van der Waals surface area (Å²) in [4.78, 5) is 0. The first kappa shape index (κ1) is 12.9. The maximum atomic E-state index is 5.43. The number of hydrogen-bond acceptors (Lipinski definition) is 2. The van der Waals surface area contributed by atoms with Gasteiger partial charge in [-0.05, 0) is 36.5 Å². The van der Waals surface area contributed by atoms with Crippen LogP contribution in [0, 0.1) is 0 Å². The molecule has 1 N–H and O–H groups in total. The summed E-state index contributed by atoms with van der Waals surface area (Å²) >= 11 is 0. The molecule has 2 heteroatoms. The lowest BCUT2D eigenvalue weighted by atomic mass is 9.97. The van der Waals surface area contributed by atoms with E-state index in [0.717, 1.165) is 12.3 Å². The van der Waals surface area contributed by atoms with E-state index in [1.165, 1.54) is 24.8 Å². The predicted octanol–water partition coefficient (Wildman–Crippen LogP) is 3.44. The van der Waals surface area contributed by atoms with Gasteiger partial charge in [0.15, 0.2) is 0 Å². The van der Waals surface area contributed by atoms with Gasteiger partial charge in [-0.2, -0.15) is 0 Å². The molecule has 4 rings (SSSR count). The molecular formula is C19H21NO. The van der Waals surface area contributed by atoms with Gasteiger partial charge in [-0.3, -0.25) is 0 Å². The molecule has 1 fully saturated rings. The second kappa shape index (κ2) is 4.88. The third-order valence-corrected chi connectivity index (χ3v) is 5.20. The Morgan fingerprint density at radius 2 is 1.95 bits per heavy atom. The molecule has 108 valence electrons. The number of fused-ring (bicyclic) bond motifs is 2. The fraction of sp³-hybridized carbons (Fsp3) is 0.368. The first-order chi connectivity index (χ1) is 10.3. The highest BCUT2D eigenvalue weighted by Gasteiger charge is 2.57. The Labute approximate surface area is 126 Å². The first-order valence-electron chi connectivity index (χ1n) is 7.77. The zero-order valence-corrected chi connectivity index (χ0v) is 12.4. The minimum absolute atomic E-state index is 0.415. The molecule has 2 atom stereocenters. The molecule has 2 aliphatic carbocycles. The summed E-state index contributed by atoms with van der Waals surface area (Å²) in [6.07, 6.45) is 3.82. The average Bonchev–Trinajstić information content (AvgIpc) is 3.13. The number of para-hydroxylation sites is 1. The number of methoxy groups -OCH3 is 1. The zero-order chi connectivity index (χ0) is 14.3. The van der Waals surface area contributed by atoms with E-state index in [0.29, 0.717) is 11.5 Å². The molecule has 1 spiro atoms. The van der Waals surface area contributed by atoms with Crippen LogP contribution >= 0.6 is 0 Å². The fourth-order valence-corrected chi connectivity index (χ4v) is 3.95. The van der Waals surface area contributed by atoms with Crippen molar-refractivity contribution in [1.29, 1.82) is 0 Å². The topological polar surface area (TPSA) is 21.3 Å². The van der Waals surface area contributed by atoms with Crippen LogP contribution in [0.5, 0.6) is 5.75 Å². The lowest BCUT2D eigenvalue weighted by Crippen LogP contribution is -2.24. The molecule has 0 radical (unpaired) electrons. The van der Waals surface area contributed by atoms with Crippen molar-refractivity contribution < 1.29 is 4.74 Å². The molecule has 2 aromatic rings. The number of hydrogen-bond donors (Lipinski definition) is 1. The maximum absolute atomic E-state index is 5.43. The molecule has 0 aliphatic heterocycles. The second-order valence-electron chi connectivity index (χ2n) is 6.26. The number of rotatable bonds is 4. The highest BCUT2D eigenvalue weighted by molar-refractivity contribution is 5.47. The van der Waals surface area contributed by atoms with Crippen molar-refractivity contribution in [2.75, 3.05) is 7.11 Å². The molecule has 0 aromatic heterocycles. The number of aryl methyl sites for hydroxylation is 1. The molecule has 0 amide bonds. The summed E-state index contributed by atoms with van der Waals surface area (Å²) in [7, 11) is 1.74. The van der Waals surface area contributed by atoms with Crippen molar-refractivity contribution in [2.24, 2.45) is 0 Å². The Hall–Kier alpha value is -1.80. The van der Waals surface area contributed by atoms with E-state index in [9.17, 15) is 0 Å². The van der Waals surface area contributed by atoms with E-state index in [4.69, 9.17) is 4.74 Å². The Morgan fingerprint density at radius 3 is 2.86 bits per heavy atom. The minimum Gasteiger partial charge on any atom is -0.496 e. The van der Waals surface area contributed by atoms with Crippen molar-refractivity contribution >= 4 is 0 Å². The van der Waals surface area contributed by atoms with Gasteiger partial charge in [0.1, 0.15) is 5.75 Å². The predicted molar refractivity (Wildman–Crippen MR) is 84.7 cm³/mol. The molecule has 0 heterocycles. The molecule has 21 heavy (non-hydrogen) atoms. The van der Waals surface area contributed by atoms with Gasteiger partial charge in [0.25, 0.3) is 0 Å². The summed E-state index contributed by atoms with van der Waals surface area (Å²) in [6.45, 7) is 0.887. The van der Waals surface area contributed by atoms with Gasteiger partial charge in [-0.1, -0.05) is 42.5 Å². The van der Waals surface area contributed by atoms with Gasteiger partial charge in [0.2, 0.25) is 0 Å². The van der Waals surface area contributed by atoms with Crippen LogP contribution in [-0.4, -0.2) is 13.2 Å². The van der Waals surface area contributed by atoms with Gasteiger partial charge in [-0.15, -0.1) is 0 Å². The Kier molecular flexibility index (Phi) is 3.00. The van der Waals surface area contributed by atoms with Crippen LogP contribution in [0.3, 0.4) is 0 Å². The molecule has 2 aromatic carbocycles. The monoisotopic (exact) mass is 279 g/mol. The molecule has 0 bridgehead atoms. The number of ether oxygens (including phenoxy) is 1. The Balaban J connectivity index is 1.47. The van der Waals surface area contributed by atoms with E-state index in [1.54, 1.807) is 18.2 Å². The van der Waals surface area contributed by atoms with Crippen LogP contribution in [0.25, 0.3) is 0 Å². The molecule has 2 unspecified atom stereocenters. The quantitative estimate of drug-likeness (QED) is 0.925. The Bertz CT molecular complexity index is 666. The van der Waals surface area contributed by atoms with Crippen LogP contribution in [0.1, 0.15) is 29.5 Å². The number of benzene rings is 2. The molecule has 2 aliphatic rings. The van der Waals surface area contributed by atoms with Crippen molar-refractivity contribution in [2.45, 2.75) is 37.3 Å². The third-order valence-electron chi connectivity index (χ3n) is 5.20. The van der Waals surface area contributed by atoms with E-state index < -0.39 is 0 Å². The van der Waals surface area contributed by atoms with Crippen LogP contribution < -0.4 is 10.1 Å². The zero-order valence-electron chi connectivity index (χ0n) is 12.4. The third kappa shape index (κ3) is 2.06. The molecule has 1 saturated carbocycles. The van der Waals surface area contributed by atoms with Crippen LogP contribution in [0.4, 0.5) is 0 Å². The number of nitrogens with one attached hydrogen (secondary N) is 1. The largest absolute Gasteiger partial charge is 0.496 e. The highest BCUT2D eigenvalue weighted by Crippen LogP contribution is 2.56. The fourth-order valence-electron chi connectivity index (χ4n) is 3.95. The SMILES string of the molecule is COc1ccccc1CNC1CC12CCc1ccccc12. The minimum atomic E-state index is 0.415. The van der Waals surface area contributed by atoms with Gasteiger partial charge in [0, 0.05) is 23.6 Å². The van der Waals surface area contributed by atoms with E-state index >= 15 is 0 Å². The summed E-state index contributed by atoms with van der Waals surface area (Å²) < 4.78 is 5.43. The smallest absolute Gasteiger partial charge is 0.123 e. The standard InChI is InChI=1S/C19H21NO/c1-21-17-9-5-3-7-15(17)13-20-18-12-19(18)11-10-14-6-2-4-8-16(14)19/h2-9,18,20H,10-13H2,1H3. The van der Waals surface area contributed by atoms with Crippen LogP contribution in [-0.2, 0) is 18.4 Å². The van der Waals surface area contributed by atoms with Gasteiger partial charge in [-0.25, -0.2) is 0 Å². The van der Waals surface area contributed by atoms with E-state index in [1.807, 2.05) is 12.1 Å². The lowest BCUT2D eigenvalue weighted by Gasteiger charge is -2.14.